The van der Waals surface area contributed by atoms with Crippen molar-refractivity contribution in [1.29, 1.82) is 0 Å². The molecule has 1 rings (SSSR count). The molecule has 0 fully saturated rings. The van der Waals surface area contributed by atoms with Crippen molar-refractivity contribution in [2.24, 2.45) is 5.73 Å². The molecule has 0 spiro atoms. The molecule has 0 unspecified atom stereocenters. The van der Waals surface area contributed by atoms with Crippen molar-refractivity contribution in [3.8, 4) is 0 Å². The zero-order valence-electron chi connectivity index (χ0n) is 7.93. The summed E-state index contributed by atoms with van der Waals surface area (Å²) in [5.74, 6) is -0.336. The number of halogens is 2. The third kappa shape index (κ3) is 2.32. The van der Waals surface area contributed by atoms with Gasteiger partial charge in [0.15, 0.2) is 0 Å². The molecule has 3 N–H and O–H groups in total. The summed E-state index contributed by atoms with van der Waals surface area (Å²) in [6.45, 7) is 1.75. The zero-order valence-corrected chi connectivity index (χ0v) is 9.51. The largest absolute Gasteiger partial charge is 0.396 e. The minimum Gasteiger partial charge on any atom is -0.396 e. The second kappa shape index (κ2) is 4.38. The van der Waals surface area contributed by atoms with Crippen LogP contribution in [0.1, 0.15) is 18.9 Å². The molecule has 0 saturated heterocycles. The van der Waals surface area contributed by atoms with Gasteiger partial charge in [0.1, 0.15) is 5.82 Å². The molecule has 0 aliphatic rings. The molecule has 1 aromatic carbocycles. The molecular formula is C10H13BrFNO. The molecule has 0 amide bonds. The lowest BCUT2D eigenvalue weighted by Crippen LogP contribution is -2.34. The van der Waals surface area contributed by atoms with Gasteiger partial charge in [-0.05, 0) is 40.9 Å². The fourth-order valence-electron chi connectivity index (χ4n) is 1.31. The van der Waals surface area contributed by atoms with Gasteiger partial charge in [0.2, 0.25) is 0 Å². The number of hydrogen-bond acceptors (Lipinski definition) is 2. The summed E-state index contributed by atoms with van der Waals surface area (Å²) >= 11 is 3.15. The summed E-state index contributed by atoms with van der Waals surface area (Å²) in [6.07, 6.45) is 0.398. The molecule has 1 atom stereocenters. The summed E-state index contributed by atoms with van der Waals surface area (Å²) in [5, 5.41) is 8.83. The van der Waals surface area contributed by atoms with Crippen molar-refractivity contribution >= 4 is 15.9 Å². The highest BCUT2D eigenvalue weighted by Gasteiger charge is 2.24. The van der Waals surface area contributed by atoms with Crippen molar-refractivity contribution in [3.05, 3.63) is 34.1 Å². The predicted molar refractivity (Wildman–Crippen MR) is 57.3 cm³/mol. The van der Waals surface area contributed by atoms with E-state index < -0.39 is 5.54 Å². The van der Waals surface area contributed by atoms with Gasteiger partial charge in [-0.2, -0.15) is 0 Å². The average molecular weight is 262 g/mol. The molecule has 0 radical (unpaired) electrons. The Hall–Kier alpha value is -0.450. The molecule has 0 saturated carbocycles. The van der Waals surface area contributed by atoms with Crippen LogP contribution in [0.4, 0.5) is 4.39 Å². The number of benzene rings is 1. The van der Waals surface area contributed by atoms with Gasteiger partial charge in [-0.25, -0.2) is 4.39 Å². The van der Waals surface area contributed by atoms with Crippen molar-refractivity contribution in [2.45, 2.75) is 18.9 Å². The molecule has 0 aliphatic heterocycles. The molecule has 78 valence electrons. The van der Waals surface area contributed by atoms with Gasteiger partial charge in [-0.1, -0.05) is 12.1 Å². The van der Waals surface area contributed by atoms with E-state index in [1.165, 1.54) is 6.07 Å². The standard InChI is InChI=1S/C10H13BrFNO/c1-10(13,5-6-14)7-3-2-4-8(12)9(7)11/h2-4,14H,5-6,13H2,1H3/t10-/m1/s1. The Labute approximate surface area is 91.1 Å². The van der Waals surface area contributed by atoms with Gasteiger partial charge < -0.3 is 10.8 Å². The minimum atomic E-state index is -0.713. The SMILES string of the molecule is C[C@@](N)(CCO)c1cccc(F)c1Br. The van der Waals surface area contributed by atoms with Crippen molar-refractivity contribution < 1.29 is 9.50 Å². The van der Waals surface area contributed by atoms with Gasteiger partial charge in [0, 0.05) is 12.1 Å². The van der Waals surface area contributed by atoms with Gasteiger partial charge in [0.25, 0.3) is 0 Å². The van der Waals surface area contributed by atoms with Crippen LogP contribution in [0.2, 0.25) is 0 Å². The Bertz CT molecular complexity index is 328. The predicted octanol–water partition coefficient (Wildman–Crippen LogP) is 2.14. The van der Waals surface area contributed by atoms with Crippen molar-refractivity contribution in [2.75, 3.05) is 6.61 Å². The molecule has 2 nitrogen and oxygen atoms in total. The molecular weight excluding hydrogens is 249 g/mol. The van der Waals surface area contributed by atoms with E-state index in [2.05, 4.69) is 15.9 Å². The van der Waals surface area contributed by atoms with Gasteiger partial charge in [-0.3, -0.25) is 0 Å². The number of nitrogens with two attached hydrogens (primary N) is 1. The maximum absolute atomic E-state index is 13.2. The van der Waals surface area contributed by atoms with E-state index in [0.717, 1.165) is 0 Å². The highest BCUT2D eigenvalue weighted by atomic mass is 79.9. The summed E-state index contributed by atoms with van der Waals surface area (Å²) < 4.78 is 13.6. The van der Waals surface area contributed by atoms with E-state index >= 15 is 0 Å². The first-order valence-electron chi connectivity index (χ1n) is 4.33. The molecule has 0 aliphatic carbocycles. The Morgan fingerprint density at radius 3 is 2.79 bits per heavy atom. The number of hydrogen-bond donors (Lipinski definition) is 2. The molecule has 0 aromatic heterocycles. The smallest absolute Gasteiger partial charge is 0.137 e. The summed E-state index contributed by atoms with van der Waals surface area (Å²) in [5.41, 5.74) is 5.92. The second-order valence-electron chi connectivity index (χ2n) is 3.49. The average Bonchev–Trinajstić information content (AvgIpc) is 2.09. The first kappa shape index (κ1) is 11.6. The summed E-state index contributed by atoms with van der Waals surface area (Å²) in [7, 11) is 0. The Morgan fingerprint density at radius 2 is 2.21 bits per heavy atom. The third-order valence-electron chi connectivity index (χ3n) is 2.20. The van der Waals surface area contributed by atoms with E-state index in [0.29, 0.717) is 16.5 Å². The lowest BCUT2D eigenvalue weighted by Gasteiger charge is -2.25. The molecule has 0 heterocycles. The van der Waals surface area contributed by atoms with Crippen molar-refractivity contribution in [3.63, 3.8) is 0 Å². The maximum atomic E-state index is 13.2. The van der Waals surface area contributed by atoms with Crippen LogP contribution in [0.15, 0.2) is 22.7 Å². The number of aliphatic hydroxyl groups is 1. The fraction of sp³-hybridized carbons (Fsp3) is 0.400. The zero-order chi connectivity index (χ0) is 10.8. The summed E-state index contributed by atoms with van der Waals surface area (Å²) in [4.78, 5) is 0. The van der Waals surface area contributed by atoms with E-state index in [1.807, 2.05) is 0 Å². The highest BCUT2D eigenvalue weighted by molar-refractivity contribution is 9.10. The normalized spacial score (nSPS) is 15.2. The van der Waals surface area contributed by atoms with Crippen LogP contribution in [0.3, 0.4) is 0 Å². The maximum Gasteiger partial charge on any atom is 0.137 e. The molecule has 4 heteroatoms. The summed E-state index contributed by atoms with van der Waals surface area (Å²) in [6, 6.07) is 4.73. The van der Waals surface area contributed by atoms with Gasteiger partial charge >= 0.3 is 0 Å². The van der Waals surface area contributed by atoms with Crippen molar-refractivity contribution in [1.82, 2.24) is 0 Å². The number of aliphatic hydroxyl groups excluding tert-OH is 1. The Morgan fingerprint density at radius 1 is 1.57 bits per heavy atom. The van der Waals surface area contributed by atoms with E-state index in [-0.39, 0.29) is 12.4 Å². The monoisotopic (exact) mass is 261 g/mol. The minimum absolute atomic E-state index is 0.0179. The first-order valence-corrected chi connectivity index (χ1v) is 5.12. The van der Waals surface area contributed by atoms with E-state index in [4.69, 9.17) is 10.8 Å². The van der Waals surface area contributed by atoms with Crippen LogP contribution in [0.25, 0.3) is 0 Å². The Kier molecular flexibility index (Phi) is 3.64. The molecule has 1 aromatic rings. The Balaban J connectivity index is 3.12. The van der Waals surface area contributed by atoms with Crippen LogP contribution in [0, 0.1) is 5.82 Å². The van der Waals surface area contributed by atoms with Crippen LogP contribution < -0.4 is 5.73 Å². The van der Waals surface area contributed by atoms with E-state index in [9.17, 15) is 4.39 Å². The van der Waals surface area contributed by atoms with Crippen LogP contribution in [-0.2, 0) is 5.54 Å². The molecule has 14 heavy (non-hydrogen) atoms. The lowest BCUT2D eigenvalue weighted by atomic mass is 9.90. The van der Waals surface area contributed by atoms with E-state index in [1.54, 1.807) is 19.1 Å². The first-order chi connectivity index (χ1) is 6.49. The van der Waals surface area contributed by atoms with Crippen LogP contribution in [0.5, 0.6) is 0 Å². The number of rotatable bonds is 3. The third-order valence-corrected chi connectivity index (χ3v) is 3.00. The van der Waals surface area contributed by atoms with Gasteiger partial charge in [-0.15, -0.1) is 0 Å². The topological polar surface area (TPSA) is 46.2 Å². The molecule has 0 bridgehead atoms. The fourth-order valence-corrected chi connectivity index (χ4v) is 2.03. The lowest BCUT2D eigenvalue weighted by molar-refractivity contribution is 0.246. The van der Waals surface area contributed by atoms with Gasteiger partial charge in [0.05, 0.1) is 4.47 Å². The van der Waals surface area contributed by atoms with Crippen LogP contribution >= 0.6 is 15.9 Å². The second-order valence-corrected chi connectivity index (χ2v) is 4.29. The quantitative estimate of drug-likeness (QED) is 0.876. The van der Waals surface area contributed by atoms with Crippen LogP contribution in [-0.4, -0.2) is 11.7 Å². The highest BCUT2D eigenvalue weighted by Crippen LogP contribution is 2.30.